The Bertz CT molecular complexity index is 702. The van der Waals surface area contributed by atoms with Gasteiger partial charge in [0.05, 0.1) is 16.6 Å². The Hall–Kier alpha value is -1.24. The van der Waals surface area contributed by atoms with E-state index in [9.17, 15) is 8.42 Å². The molecule has 1 aromatic carbocycles. The molecule has 0 saturated heterocycles. The fraction of sp³-hybridized carbons (Fsp3) is 0.214. The molecule has 20 heavy (non-hydrogen) atoms. The number of hydrogen-bond acceptors (Lipinski definition) is 3. The molecule has 0 fully saturated rings. The largest absolute Gasteiger partial charge is 0.260 e. The minimum Gasteiger partial charge on any atom is -0.260 e. The SMILES string of the molecule is Cc1cc(S(=O)(=O)N[C@@H](C)c2ccccn2)ccc1Br. The summed E-state index contributed by atoms with van der Waals surface area (Å²) in [5, 5.41) is 0. The highest BCUT2D eigenvalue weighted by molar-refractivity contribution is 9.10. The average Bonchev–Trinajstić information content (AvgIpc) is 2.42. The van der Waals surface area contributed by atoms with Crippen LogP contribution in [0.4, 0.5) is 0 Å². The quantitative estimate of drug-likeness (QED) is 0.916. The molecule has 1 atom stereocenters. The monoisotopic (exact) mass is 354 g/mol. The molecule has 0 aliphatic heterocycles. The molecule has 0 radical (unpaired) electrons. The van der Waals surface area contributed by atoms with E-state index in [1.54, 1.807) is 43.5 Å². The molecule has 106 valence electrons. The summed E-state index contributed by atoms with van der Waals surface area (Å²) in [6.07, 6.45) is 1.64. The van der Waals surface area contributed by atoms with Crippen molar-refractivity contribution in [2.45, 2.75) is 24.8 Å². The van der Waals surface area contributed by atoms with E-state index in [1.165, 1.54) is 0 Å². The van der Waals surface area contributed by atoms with E-state index in [4.69, 9.17) is 0 Å². The fourth-order valence-corrected chi connectivity index (χ4v) is 3.33. The summed E-state index contributed by atoms with van der Waals surface area (Å²) in [4.78, 5) is 4.40. The van der Waals surface area contributed by atoms with Crippen LogP contribution in [0.15, 0.2) is 52.0 Å². The van der Waals surface area contributed by atoms with E-state index in [0.29, 0.717) is 5.69 Å². The fourth-order valence-electron chi connectivity index (χ4n) is 1.78. The molecule has 0 bridgehead atoms. The Kier molecular flexibility index (Phi) is 4.57. The Labute approximate surface area is 127 Å². The molecular weight excluding hydrogens is 340 g/mol. The molecule has 0 spiro atoms. The summed E-state index contributed by atoms with van der Waals surface area (Å²) in [5.74, 6) is 0. The molecule has 6 heteroatoms. The highest BCUT2D eigenvalue weighted by atomic mass is 79.9. The molecule has 1 N–H and O–H groups in total. The van der Waals surface area contributed by atoms with Gasteiger partial charge in [-0.25, -0.2) is 13.1 Å². The number of hydrogen-bond donors (Lipinski definition) is 1. The van der Waals surface area contributed by atoms with Crippen molar-refractivity contribution in [3.8, 4) is 0 Å². The van der Waals surface area contributed by atoms with Crippen LogP contribution in [0.2, 0.25) is 0 Å². The lowest BCUT2D eigenvalue weighted by Crippen LogP contribution is -2.27. The zero-order valence-corrected chi connectivity index (χ0v) is 13.6. The van der Waals surface area contributed by atoms with E-state index >= 15 is 0 Å². The highest BCUT2D eigenvalue weighted by Crippen LogP contribution is 2.21. The number of halogens is 1. The van der Waals surface area contributed by atoms with Crippen LogP contribution in [-0.4, -0.2) is 13.4 Å². The zero-order chi connectivity index (χ0) is 14.8. The average molecular weight is 355 g/mol. The van der Waals surface area contributed by atoms with Gasteiger partial charge in [0.15, 0.2) is 0 Å². The van der Waals surface area contributed by atoms with Crippen molar-refractivity contribution in [3.05, 3.63) is 58.3 Å². The third kappa shape index (κ3) is 3.45. The van der Waals surface area contributed by atoms with Crippen LogP contribution in [0.3, 0.4) is 0 Å². The maximum absolute atomic E-state index is 12.3. The van der Waals surface area contributed by atoms with Gasteiger partial charge in [0.2, 0.25) is 10.0 Å². The summed E-state index contributed by atoms with van der Waals surface area (Å²) in [6, 6.07) is 9.97. The van der Waals surface area contributed by atoms with Crippen molar-refractivity contribution >= 4 is 26.0 Å². The van der Waals surface area contributed by atoms with Crippen molar-refractivity contribution in [3.63, 3.8) is 0 Å². The zero-order valence-electron chi connectivity index (χ0n) is 11.2. The Morgan fingerprint density at radius 2 is 2.00 bits per heavy atom. The van der Waals surface area contributed by atoms with Gasteiger partial charge < -0.3 is 0 Å². The van der Waals surface area contributed by atoms with Crippen LogP contribution < -0.4 is 4.72 Å². The van der Waals surface area contributed by atoms with Gasteiger partial charge in [0.25, 0.3) is 0 Å². The van der Waals surface area contributed by atoms with Crippen LogP contribution in [0.25, 0.3) is 0 Å². The first-order valence-electron chi connectivity index (χ1n) is 6.09. The first kappa shape index (κ1) is 15.2. The van der Waals surface area contributed by atoms with Crippen LogP contribution >= 0.6 is 15.9 Å². The molecule has 1 aromatic heterocycles. The number of benzene rings is 1. The van der Waals surface area contributed by atoms with Crippen molar-refractivity contribution in [1.82, 2.24) is 9.71 Å². The number of pyridine rings is 1. The molecule has 0 saturated carbocycles. The summed E-state index contributed by atoms with van der Waals surface area (Å²) in [5.41, 5.74) is 1.56. The minimum absolute atomic E-state index is 0.251. The Morgan fingerprint density at radius 3 is 2.60 bits per heavy atom. The van der Waals surface area contributed by atoms with E-state index in [2.05, 4.69) is 25.6 Å². The summed E-state index contributed by atoms with van der Waals surface area (Å²) < 4.78 is 28.2. The molecular formula is C14H15BrN2O2S. The summed E-state index contributed by atoms with van der Waals surface area (Å²) >= 11 is 3.36. The number of aryl methyl sites for hydroxylation is 1. The molecule has 0 aliphatic rings. The van der Waals surface area contributed by atoms with Crippen LogP contribution in [0, 0.1) is 6.92 Å². The number of nitrogens with one attached hydrogen (secondary N) is 1. The maximum Gasteiger partial charge on any atom is 0.241 e. The smallest absolute Gasteiger partial charge is 0.241 e. The summed E-state index contributed by atoms with van der Waals surface area (Å²) in [6.45, 7) is 3.62. The molecule has 0 aliphatic carbocycles. The molecule has 2 aromatic rings. The van der Waals surface area contributed by atoms with Gasteiger partial charge in [-0.3, -0.25) is 4.98 Å². The summed E-state index contributed by atoms with van der Waals surface area (Å²) in [7, 11) is -3.56. The molecule has 0 amide bonds. The third-order valence-electron chi connectivity index (χ3n) is 2.90. The van der Waals surface area contributed by atoms with Crippen molar-refractivity contribution in [2.75, 3.05) is 0 Å². The van der Waals surface area contributed by atoms with Gasteiger partial charge in [-0.15, -0.1) is 0 Å². The number of nitrogens with zero attached hydrogens (tertiary/aromatic N) is 1. The first-order chi connectivity index (χ1) is 9.40. The van der Waals surface area contributed by atoms with Gasteiger partial charge in [-0.2, -0.15) is 0 Å². The molecule has 4 nitrogen and oxygen atoms in total. The lowest BCUT2D eigenvalue weighted by atomic mass is 10.2. The molecule has 2 rings (SSSR count). The van der Waals surface area contributed by atoms with E-state index in [0.717, 1.165) is 10.0 Å². The van der Waals surface area contributed by atoms with Gasteiger partial charge in [0.1, 0.15) is 0 Å². The first-order valence-corrected chi connectivity index (χ1v) is 8.37. The second kappa shape index (κ2) is 6.03. The van der Waals surface area contributed by atoms with Gasteiger partial charge in [0, 0.05) is 10.7 Å². The predicted molar refractivity (Wildman–Crippen MR) is 81.9 cm³/mol. The second-order valence-corrected chi connectivity index (χ2v) is 7.08. The Balaban J connectivity index is 2.25. The number of aromatic nitrogens is 1. The topological polar surface area (TPSA) is 59.1 Å². The van der Waals surface area contributed by atoms with E-state index in [1.807, 2.05) is 13.0 Å². The number of sulfonamides is 1. The lowest BCUT2D eigenvalue weighted by Gasteiger charge is -2.14. The second-order valence-electron chi connectivity index (χ2n) is 4.51. The van der Waals surface area contributed by atoms with Crippen molar-refractivity contribution < 1.29 is 8.42 Å². The van der Waals surface area contributed by atoms with E-state index < -0.39 is 10.0 Å². The van der Waals surface area contributed by atoms with Gasteiger partial charge in [-0.1, -0.05) is 22.0 Å². The van der Waals surface area contributed by atoms with Crippen LogP contribution in [0.1, 0.15) is 24.2 Å². The lowest BCUT2D eigenvalue weighted by molar-refractivity contribution is 0.564. The van der Waals surface area contributed by atoms with E-state index in [-0.39, 0.29) is 10.9 Å². The minimum atomic E-state index is -3.56. The van der Waals surface area contributed by atoms with Crippen molar-refractivity contribution in [1.29, 1.82) is 0 Å². The van der Waals surface area contributed by atoms with Gasteiger partial charge in [-0.05, 0) is 49.7 Å². The van der Waals surface area contributed by atoms with Crippen LogP contribution in [0.5, 0.6) is 0 Å². The van der Waals surface area contributed by atoms with Gasteiger partial charge >= 0.3 is 0 Å². The highest BCUT2D eigenvalue weighted by Gasteiger charge is 2.19. The Morgan fingerprint density at radius 1 is 1.25 bits per heavy atom. The predicted octanol–water partition coefficient (Wildman–Crippen LogP) is 3.19. The normalized spacial score (nSPS) is 13.2. The standard InChI is InChI=1S/C14H15BrN2O2S/c1-10-9-12(6-7-13(10)15)20(18,19)17-11(2)14-5-3-4-8-16-14/h3-9,11,17H,1-2H3/t11-/m0/s1. The molecule has 1 heterocycles. The van der Waals surface area contributed by atoms with Crippen LogP contribution in [-0.2, 0) is 10.0 Å². The third-order valence-corrected chi connectivity index (χ3v) is 5.33. The van der Waals surface area contributed by atoms with Crippen molar-refractivity contribution in [2.24, 2.45) is 0 Å². The molecule has 0 unspecified atom stereocenters. The maximum atomic E-state index is 12.3. The number of rotatable bonds is 4.